The largest absolute Gasteiger partial charge is 0.488 e. The van der Waals surface area contributed by atoms with Crippen LogP contribution in [0.4, 0.5) is 0 Å². The molecule has 0 atom stereocenters. The highest BCUT2D eigenvalue weighted by Crippen LogP contribution is 2.10. The van der Waals surface area contributed by atoms with Crippen molar-refractivity contribution in [3.63, 3.8) is 0 Å². The van der Waals surface area contributed by atoms with E-state index in [9.17, 15) is 4.79 Å². The first kappa shape index (κ1) is 11.7. The third kappa shape index (κ3) is 2.81. The first-order valence-corrected chi connectivity index (χ1v) is 4.78. The summed E-state index contributed by atoms with van der Waals surface area (Å²) in [4.78, 5) is 10.9. The quantitative estimate of drug-likeness (QED) is 0.609. The monoisotopic (exact) mass is 208 g/mol. The summed E-state index contributed by atoms with van der Waals surface area (Å²) < 4.78 is 0. The lowest BCUT2D eigenvalue weighted by molar-refractivity contribution is 0.0695. The fraction of sp³-hybridized carbons (Fsp3) is 0.300. The highest BCUT2D eigenvalue weighted by molar-refractivity contribution is 6.58. The van der Waals surface area contributed by atoms with Gasteiger partial charge < -0.3 is 15.2 Å². The van der Waals surface area contributed by atoms with Crippen LogP contribution < -0.4 is 5.46 Å². The smallest absolute Gasteiger partial charge is 0.478 e. The molecule has 1 aromatic carbocycles. The van der Waals surface area contributed by atoms with Crippen LogP contribution >= 0.6 is 0 Å². The van der Waals surface area contributed by atoms with Gasteiger partial charge in [0.15, 0.2) is 0 Å². The third-order valence-corrected chi connectivity index (χ3v) is 2.18. The molecular weight excluding hydrogens is 195 g/mol. The predicted molar refractivity (Wildman–Crippen MR) is 57.2 cm³/mol. The molecule has 0 aliphatic heterocycles. The second-order valence-corrected chi connectivity index (χ2v) is 3.35. The average Bonchev–Trinajstić information content (AvgIpc) is 2.17. The summed E-state index contributed by atoms with van der Waals surface area (Å²) in [6, 6.07) is 4.34. The van der Waals surface area contributed by atoms with E-state index < -0.39 is 13.1 Å². The molecule has 0 aromatic heterocycles. The molecule has 0 fully saturated rings. The van der Waals surface area contributed by atoms with Gasteiger partial charge in [-0.25, -0.2) is 4.79 Å². The molecule has 3 N–H and O–H groups in total. The van der Waals surface area contributed by atoms with E-state index in [1.807, 2.05) is 6.92 Å². The molecule has 1 aromatic rings. The Bertz CT molecular complexity index is 362. The van der Waals surface area contributed by atoms with Crippen LogP contribution in [0.3, 0.4) is 0 Å². The summed E-state index contributed by atoms with van der Waals surface area (Å²) in [6.45, 7) is 1.94. The zero-order valence-corrected chi connectivity index (χ0v) is 8.47. The van der Waals surface area contributed by atoms with Crippen LogP contribution in [0.15, 0.2) is 18.2 Å². The SMILES string of the molecule is CCCc1cc(B(O)O)ccc1C(=O)O. The van der Waals surface area contributed by atoms with Crippen LogP contribution in [-0.2, 0) is 6.42 Å². The van der Waals surface area contributed by atoms with E-state index >= 15 is 0 Å². The Labute approximate surface area is 88.3 Å². The first-order valence-electron chi connectivity index (χ1n) is 4.78. The summed E-state index contributed by atoms with van der Waals surface area (Å²) in [7, 11) is -1.55. The molecule has 1 rings (SSSR count). The van der Waals surface area contributed by atoms with Gasteiger partial charge in [-0.15, -0.1) is 0 Å². The highest BCUT2D eigenvalue weighted by Gasteiger charge is 2.15. The van der Waals surface area contributed by atoms with Crippen molar-refractivity contribution in [2.24, 2.45) is 0 Å². The second kappa shape index (κ2) is 4.95. The van der Waals surface area contributed by atoms with E-state index in [1.54, 1.807) is 0 Å². The zero-order valence-electron chi connectivity index (χ0n) is 8.47. The molecule has 15 heavy (non-hydrogen) atoms. The van der Waals surface area contributed by atoms with Crippen LogP contribution in [0.5, 0.6) is 0 Å². The maximum Gasteiger partial charge on any atom is 0.488 e. The molecule has 0 aliphatic rings. The van der Waals surface area contributed by atoms with Crippen LogP contribution in [0.1, 0.15) is 29.3 Å². The van der Waals surface area contributed by atoms with E-state index in [0.29, 0.717) is 17.4 Å². The van der Waals surface area contributed by atoms with Gasteiger partial charge in [-0.1, -0.05) is 25.5 Å². The summed E-state index contributed by atoms with van der Waals surface area (Å²) in [5.41, 5.74) is 1.18. The minimum Gasteiger partial charge on any atom is -0.478 e. The Hall–Kier alpha value is -1.33. The van der Waals surface area contributed by atoms with Crippen molar-refractivity contribution in [2.45, 2.75) is 19.8 Å². The molecule has 0 spiro atoms. The van der Waals surface area contributed by atoms with Crippen molar-refractivity contribution in [3.05, 3.63) is 29.3 Å². The molecule has 4 nitrogen and oxygen atoms in total. The van der Waals surface area contributed by atoms with Crippen molar-refractivity contribution < 1.29 is 19.9 Å². The highest BCUT2D eigenvalue weighted by atomic mass is 16.4. The van der Waals surface area contributed by atoms with E-state index in [4.69, 9.17) is 15.2 Å². The lowest BCUT2D eigenvalue weighted by atomic mass is 9.78. The first-order chi connectivity index (χ1) is 7.06. The molecule has 0 unspecified atom stereocenters. The Balaban J connectivity index is 3.14. The number of rotatable bonds is 4. The van der Waals surface area contributed by atoms with Gasteiger partial charge in [0.1, 0.15) is 0 Å². The van der Waals surface area contributed by atoms with Crippen LogP contribution in [-0.4, -0.2) is 28.2 Å². The summed E-state index contributed by atoms with van der Waals surface area (Å²) >= 11 is 0. The number of aromatic carboxylic acids is 1. The molecule has 0 bridgehead atoms. The van der Waals surface area contributed by atoms with Gasteiger partial charge in [-0.3, -0.25) is 0 Å². The third-order valence-electron chi connectivity index (χ3n) is 2.18. The molecule has 0 radical (unpaired) electrons. The van der Waals surface area contributed by atoms with Gasteiger partial charge in [0, 0.05) is 0 Å². The fourth-order valence-electron chi connectivity index (χ4n) is 1.46. The Morgan fingerprint density at radius 1 is 1.40 bits per heavy atom. The molecule has 0 aliphatic carbocycles. The van der Waals surface area contributed by atoms with Gasteiger partial charge in [0.05, 0.1) is 5.56 Å². The van der Waals surface area contributed by atoms with Gasteiger partial charge in [0.25, 0.3) is 0 Å². The molecule has 0 heterocycles. The molecule has 80 valence electrons. The number of benzene rings is 1. The Morgan fingerprint density at radius 2 is 2.07 bits per heavy atom. The minimum absolute atomic E-state index is 0.223. The van der Waals surface area contributed by atoms with E-state index in [1.165, 1.54) is 18.2 Å². The number of carboxylic acids is 1. The molecule has 0 saturated heterocycles. The Morgan fingerprint density at radius 3 is 2.53 bits per heavy atom. The number of hydrogen-bond donors (Lipinski definition) is 3. The average molecular weight is 208 g/mol. The topological polar surface area (TPSA) is 77.8 Å². The van der Waals surface area contributed by atoms with Gasteiger partial charge in [-0.05, 0) is 23.5 Å². The predicted octanol–water partition coefficient (Wildman–Crippen LogP) is 0.0171. The van der Waals surface area contributed by atoms with Crippen molar-refractivity contribution >= 4 is 18.6 Å². The standard InChI is InChI=1S/C10H13BO4/c1-2-3-7-6-8(11(14)15)4-5-9(7)10(12)13/h4-6,14-15H,2-3H2,1H3,(H,12,13). The maximum absolute atomic E-state index is 10.9. The molecule has 5 heteroatoms. The minimum atomic E-state index is -1.55. The maximum atomic E-state index is 10.9. The van der Waals surface area contributed by atoms with Crippen LogP contribution in [0.25, 0.3) is 0 Å². The van der Waals surface area contributed by atoms with Gasteiger partial charge in [-0.2, -0.15) is 0 Å². The van der Waals surface area contributed by atoms with Gasteiger partial charge >= 0.3 is 13.1 Å². The summed E-state index contributed by atoms with van der Waals surface area (Å²) in [5, 5.41) is 26.8. The van der Waals surface area contributed by atoms with Crippen LogP contribution in [0.2, 0.25) is 0 Å². The van der Waals surface area contributed by atoms with Crippen molar-refractivity contribution in [1.29, 1.82) is 0 Å². The summed E-state index contributed by atoms with van der Waals surface area (Å²) in [5.74, 6) is -0.988. The molecular formula is C10H13BO4. The normalized spacial score (nSPS) is 10.1. The number of carboxylic acid groups (broad SMARTS) is 1. The van der Waals surface area contributed by atoms with Crippen LogP contribution in [0, 0.1) is 0 Å². The number of carbonyl (C=O) groups is 1. The number of aryl methyl sites for hydroxylation is 1. The fourth-order valence-corrected chi connectivity index (χ4v) is 1.46. The number of hydrogen-bond acceptors (Lipinski definition) is 3. The lowest BCUT2D eigenvalue weighted by Crippen LogP contribution is -2.30. The van der Waals surface area contributed by atoms with Gasteiger partial charge in [0.2, 0.25) is 0 Å². The second-order valence-electron chi connectivity index (χ2n) is 3.35. The van der Waals surface area contributed by atoms with Crippen molar-refractivity contribution in [1.82, 2.24) is 0 Å². The van der Waals surface area contributed by atoms with Crippen molar-refractivity contribution in [3.8, 4) is 0 Å². The lowest BCUT2D eigenvalue weighted by Gasteiger charge is -2.07. The van der Waals surface area contributed by atoms with E-state index in [2.05, 4.69) is 0 Å². The molecule has 0 amide bonds. The van der Waals surface area contributed by atoms with E-state index in [-0.39, 0.29) is 5.56 Å². The summed E-state index contributed by atoms with van der Waals surface area (Å²) in [6.07, 6.45) is 1.42. The Kier molecular flexibility index (Phi) is 3.88. The molecule has 0 saturated carbocycles. The zero-order chi connectivity index (χ0) is 11.4. The van der Waals surface area contributed by atoms with E-state index in [0.717, 1.165) is 6.42 Å². The van der Waals surface area contributed by atoms with Crippen molar-refractivity contribution in [2.75, 3.05) is 0 Å².